The molecule has 0 unspecified atom stereocenters. The van der Waals surface area contributed by atoms with Crippen LogP contribution in [0.25, 0.3) is 10.2 Å². The number of thiazole rings is 1. The van der Waals surface area contributed by atoms with Gasteiger partial charge in [-0.2, -0.15) is 0 Å². The standard InChI is InChI=1S/C12H10N2O3S/c1-14(11(15)4-5-12(16)17)8-2-3-9-10(6-8)18-7-13-9/h2-7H,1H3,(H,16,17). The zero-order valence-electron chi connectivity index (χ0n) is 9.53. The lowest BCUT2D eigenvalue weighted by atomic mass is 10.2. The summed E-state index contributed by atoms with van der Waals surface area (Å²) >= 11 is 1.49. The van der Waals surface area contributed by atoms with E-state index in [0.29, 0.717) is 5.69 Å². The zero-order valence-corrected chi connectivity index (χ0v) is 10.3. The van der Waals surface area contributed by atoms with Gasteiger partial charge in [0.1, 0.15) is 0 Å². The number of carboxylic acid groups (broad SMARTS) is 1. The summed E-state index contributed by atoms with van der Waals surface area (Å²) in [5, 5.41) is 8.46. The lowest BCUT2D eigenvalue weighted by molar-refractivity contribution is -0.131. The Hall–Kier alpha value is -2.21. The number of benzene rings is 1. The quantitative estimate of drug-likeness (QED) is 0.858. The summed E-state index contributed by atoms with van der Waals surface area (Å²) in [5.74, 6) is -1.53. The first kappa shape index (κ1) is 12.3. The van der Waals surface area contributed by atoms with Crippen molar-refractivity contribution in [2.45, 2.75) is 0 Å². The average Bonchev–Trinajstić information content (AvgIpc) is 2.81. The van der Waals surface area contributed by atoms with Crippen LogP contribution in [0.2, 0.25) is 0 Å². The lowest BCUT2D eigenvalue weighted by Gasteiger charge is -2.14. The third kappa shape index (κ3) is 2.54. The van der Waals surface area contributed by atoms with Crippen molar-refractivity contribution in [2.24, 2.45) is 0 Å². The molecule has 2 rings (SSSR count). The summed E-state index contributed by atoms with van der Waals surface area (Å²) in [4.78, 5) is 27.6. The molecule has 6 heteroatoms. The molecule has 0 bridgehead atoms. The van der Waals surface area contributed by atoms with Crippen LogP contribution in [0, 0.1) is 0 Å². The van der Waals surface area contributed by atoms with Crippen LogP contribution in [0.1, 0.15) is 0 Å². The predicted molar refractivity (Wildman–Crippen MR) is 69.8 cm³/mol. The van der Waals surface area contributed by atoms with Gasteiger partial charge in [0.15, 0.2) is 0 Å². The second kappa shape index (κ2) is 4.97. The molecule has 2 aromatic rings. The Labute approximate surface area is 107 Å². The first-order valence-electron chi connectivity index (χ1n) is 5.10. The average molecular weight is 262 g/mol. The maximum Gasteiger partial charge on any atom is 0.328 e. The third-order valence-electron chi connectivity index (χ3n) is 2.40. The van der Waals surface area contributed by atoms with Gasteiger partial charge in [0.05, 0.1) is 15.7 Å². The van der Waals surface area contributed by atoms with Gasteiger partial charge in [0.2, 0.25) is 0 Å². The van der Waals surface area contributed by atoms with Crippen LogP contribution in [0.3, 0.4) is 0 Å². The number of rotatable bonds is 3. The Morgan fingerprint density at radius 1 is 1.39 bits per heavy atom. The van der Waals surface area contributed by atoms with Crippen molar-refractivity contribution in [2.75, 3.05) is 11.9 Å². The summed E-state index contributed by atoms with van der Waals surface area (Å²) < 4.78 is 0.981. The van der Waals surface area contributed by atoms with Crippen LogP contribution in [0.5, 0.6) is 0 Å². The van der Waals surface area contributed by atoms with Crippen molar-refractivity contribution in [3.8, 4) is 0 Å². The van der Waals surface area contributed by atoms with Crippen molar-refractivity contribution in [3.05, 3.63) is 35.9 Å². The molecule has 0 atom stereocenters. The number of aromatic nitrogens is 1. The van der Waals surface area contributed by atoms with Gasteiger partial charge in [-0.05, 0) is 18.2 Å². The second-order valence-corrected chi connectivity index (χ2v) is 4.46. The number of anilines is 1. The minimum atomic E-state index is -1.14. The maximum absolute atomic E-state index is 11.7. The topological polar surface area (TPSA) is 70.5 Å². The second-order valence-electron chi connectivity index (χ2n) is 3.57. The van der Waals surface area contributed by atoms with E-state index in [9.17, 15) is 9.59 Å². The molecule has 0 fully saturated rings. The van der Waals surface area contributed by atoms with Gasteiger partial charge in [-0.15, -0.1) is 11.3 Å². The van der Waals surface area contributed by atoms with Gasteiger partial charge in [-0.25, -0.2) is 9.78 Å². The molecule has 5 nitrogen and oxygen atoms in total. The van der Waals surface area contributed by atoms with E-state index in [1.54, 1.807) is 18.6 Å². The molecular weight excluding hydrogens is 252 g/mol. The van der Waals surface area contributed by atoms with Crippen molar-refractivity contribution in [1.29, 1.82) is 0 Å². The zero-order chi connectivity index (χ0) is 13.1. The van der Waals surface area contributed by atoms with Gasteiger partial charge in [0.25, 0.3) is 5.91 Å². The first-order valence-corrected chi connectivity index (χ1v) is 5.98. The van der Waals surface area contributed by atoms with Crippen LogP contribution in [-0.4, -0.2) is 29.0 Å². The number of amides is 1. The lowest BCUT2D eigenvalue weighted by Crippen LogP contribution is -2.24. The molecule has 0 radical (unpaired) electrons. The molecule has 1 N–H and O–H groups in total. The molecule has 0 spiro atoms. The van der Waals surface area contributed by atoms with E-state index in [-0.39, 0.29) is 5.91 Å². The largest absolute Gasteiger partial charge is 0.478 e. The number of carboxylic acids is 1. The molecule has 92 valence electrons. The maximum atomic E-state index is 11.7. The smallest absolute Gasteiger partial charge is 0.328 e. The Morgan fingerprint density at radius 2 is 2.17 bits per heavy atom. The van der Waals surface area contributed by atoms with Crippen LogP contribution >= 0.6 is 11.3 Å². The van der Waals surface area contributed by atoms with Crippen molar-refractivity contribution < 1.29 is 14.7 Å². The van der Waals surface area contributed by atoms with Crippen LogP contribution < -0.4 is 4.90 Å². The summed E-state index contributed by atoms with van der Waals surface area (Å²) in [6, 6.07) is 5.44. The monoisotopic (exact) mass is 262 g/mol. The third-order valence-corrected chi connectivity index (χ3v) is 3.19. The Morgan fingerprint density at radius 3 is 2.89 bits per heavy atom. The fraction of sp³-hybridized carbons (Fsp3) is 0.0833. The van der Waals surface area contributed by atoms with Gasteiger partial charge in [0, 0.05) is 24.9 Å². The fourth-order valence-corrected chi connectivity index (χ4v) is 2.14. The van der Waals surface area contributed by atoms with Gasteiger partial charge in [-0.3, -0.25) is 4.79 Å². The van der Waals surface area contributed by atoms with Crippen molar-refractivity contribution in [1.82, 2.24) is 4.98 Å². The van der Waals surface area contributed by atoms with E-state index in [1.165, 1.54) is 16.2 Å². The van der Waals surface area contributed by atoms with Gasteiger partial charge in [-0.1, -0.05) is 0 Å². The summed E-state index contributed by atoms with van der Waals surface area (Å²) in [6.45, 7) is 0. The highest BCUT2D eigenvalue weighted by Crippen LogP contribution is 2.23. The molecule has 0 aliphatic heterocycles. The highest BCUT2D eigenvalue weighted by molar-refractivity contribution is 7.16. The SMILES string of the molecule is CN(C(=O)C=CC(=O)O)c1ccc2ncsc2c1. The molecule has 0 saturated carbocycles. The Bertz CT molecular complexity index is 633. The number of aliphatic carboxylic acids is 1. The van der Waals surface area contributed by atoms with Crippen molar-refractivity contribution >= 4 is 39.1 Å². The normalized spacial score (nSPS) is 10.9. The van der Waals surface area contributed by atoms with E-state index >= 15 is 0 Å². The predicted octanol–water partition coefficient (Wildman–Crippen LogP) is 1.90. The van der Waals surface area contributed by atoms with Crippen LogP contribution in [0.15, 0.2) is 35.9 Å². The molecule has 0 saturated heterocycles. The number of nitrogens with zero attached hydrogens (tertiary/aromatic N) is 2. The number of hydrogen-bond donors (Lipinski definition) is 1. The number of carbonyl (C=O) groups is 2. The van der Waals surface area contributed by atoms with Gasteiger partial charge >= 0.3 is 5.97 Å². The molecule has 1 amide bonds. The molecule has 1 aromatic carbocycles. The van der Waals surface area contributed by atoms with Gasteiger partial charge < -0.3 is 10.0 Å². The fourth-order valence-electron chi connectivity index (χ4n) is 1.43. The number of fused-ring (bicyclic) bond motifs is 1. The van der Waals surface area contributed by atoms with E-state index < -0.39 is 5.97 Å². The summed E-state index contributed by atoms with van der Waals surface area (Å²) in [6.07, 6.45) is 1.85. The minimum absolute atomic E-state index is 0.388. The molecule has 1 aromatic heterocycles. The molecular formula is C12H10N2O3S. The summed E-state index contributed by atoms with van der Waals surface area (Å²) in [5.41, 5.74) is 3.32. The number of carbonyl (C=O) groups excluding carboxylic acids is 1. The number of likely N-dealkylation sites (N-methyl/N-ethyl adjacent to an activating group) is 1. The Kier molecular flexibility index (Phi) is 3.38. The van der Waals surface area contributed by atoms with Crippen LogP contribution in [0.4, 0.5) is 5.69 Å². The highest BCUT2D eigenvalue weighted by Gasteiger charge is 2.09. The highest BCUT2D eigenvalue weighted by atomic mass is 32.1. The Balaban J connectivity index is 2.24. The summed E-state index contributed by atoms with van der Waals surface area (Å²) in [7, 11) is 1.59. The first-order chi connectivity index (χ1) is 8.58. The molecule has 0 aliphatic rings. The minimum Gasteiger partial charge on any atom is -0.478 e. The number of hydrogen-bond acceptors (Lipinski definition) is 4. The van der Waals surface area contributed by atoms with E-state index in [4.69, 9.17) is 5.11 Å². The molecule has 18 heavy (non-hydrogen) atoms. The van der Waals surface area contributed by atoms with E-state index in [0.717, 1.165) is 22.4 Å². The van der Waals surface area contributed by atoms with Crippen molar-refractivity contribution in [3.63, 3.8) is 0 Å². The molecule has 1 heterocycles. The van der Waals surface area contributed by atoms with Crippen LogP contribution in [-0.2, 0) is 9.59 Å². The van der Waals surface area contributed by atoms with E-state index in [1.807, 2.05) is 12.1 Å². The molecule has 0 aliphatic carbocycles. The van der Waals surface area contributed by atoms with E-state index in [2.05, 4.69) is 4.98 Å².